The maximum absolute atomic E-state index is 12.4. The van der Waals surface area contributed by atoms with E-state index < -0.39 is 9.84 Å². The second-order valence-corrected chi connectivity index (χ2v) is 10.6. The molecule has 2 aromatic carbocycles. The van der Waals surface area contributed by atoms with Crippen LogP contribution in [0.4, 0.5) is 5.69 Å². The molecule has 2 aromatic rings. The predicted molar refractivity (Wildman–Crippen MR) is 114 cm³/mol. The van der Waals surface area contributed by atoms with E-state index in [4.69, 9.17) is 11.6 Å². The van der Waals surface area contributed by atoms with Gasteiger partial charge in [0.1, 0.15) is 0 Å². The van der Waals surface area contributed by atoms with E-state index in [0.29, 0.717) is 22.3 Å². The summed E-state index contributed by atoms with van der Waals surface area (Å²) in [5.74, 6) is 0.107. The summed E-state index contributed by atoms with van der Waals surface area (Å²) in [5.41, 5.74) is 2.24. The normalized spacial score (nSPS) is 22.4. The highest BCUT2D eigenvalue weighted by atomic mass is 35.5. The number of sulfone groups is 1. The maximum atomic E-state index is 12.4. The predicted octanol–water partition coefficient (Wildman–Crippen LogP) is 2.95. The molecule has 0 saturated carbocycles. The molecule has 0 aromatic heterocycles. The standard InChI is InChI=1S/C19H18ClN3O3S2/c20-14-6-4-12(5-7-14)9-21-18(24)13-2-1-3-15(8-13)22-19-23-16-10-28(25,26)11-17(16)27-19/h1-8,16-17H,9-11H2,(H,21,24)(H,22,23)/t16-,17-/m1/s1. The van der Waals surface area contributed by atoms with E-state index in [0.717, 1.165) is 11.3 Å². The molecule has 28 heavy (non-hydrogen) atoms. The highest BCUT2D eigenvalue weighted by Gasteiger charge is 2.42. The number of amidine groups is 1. The molecular formula is C19H18ClN3O3S2. The molecule has 0 aliphatic carbocycles. The summed E-state index contributed by atoms with van der Waals surface area (Å²) in [4.78, 5) is 16.9. The van der Waals surface area contributed by atoms with E-state index in [1.54, 1.807) is 30.3 Å². The first-order valence-corrected chi connectivity index (χ1v) is 11.8. The topological polar surface area (TPSA) is 87.6 Å². The summed E-state index contributed by atoms with van der Waals surface area (Å²) < 4.78 is 23.3. The van der Waals surface area contributed by atoms with Gasteiger partial charge in [-0.25, -0.2) is 8.42 Å². The van der Waals surface area contributed by atoms with E-state index >= 15 is 0 Å². The highest BCUT2D eigenvalue weighted by molar-refractivity contribution is 8.15. The molecule has 6 nitrogen and oxygen atoms in total. The molecule has 2 heterocycles. The van der Waals surface area contributed by atoms with Crippen molar-refractivity contribution >= 4 is 50.0 Å². The third-order valence-electron chi connectivity index (χ3n) is 4.56. The second kappa shape index (κ2) is 7.77. The SMILES string of the molecule is O=C(NCc1ccc(Cl)cc1)c1cccc(NC2=N[C@@H]3CS(=O)(=O)C[C@H]3S2)c1. The summed E-state index contributed by atoms with van der Waals surface area (Å²) in [5, 5.41) is 7.42. The third-order valence-corrected chi connectivity index (χ3v) is 7.95. The Hall–Kier alpha value is -2.03. The Labute approximate surface area is 172 Å². The van der Waals surface area contributed by atoms with Crippen molar-refractivity contribution in [3.8, 4) is 0 Å². The number of thioether (sulfide) groups is 1. The van der Waals surface area contributed by atoms with Gasteiger partial charge in [0, 0.05) is 28.1 Å². The minimum Gasteiger partial charge on any atom is -0.348 e. The number of carbonyl (C=O) groups is 1. The molecule has 0 unspecified atom stereocenters. The monoisotopic (exact) mass is 435 g/mol. The van der Waals surface area contributed by atoms with Crippen molar-refractivity contribution in [2.75, 3.05) is 16.8 Å². The lowest BCUT2D eigenvalue weighted by molar-refractivity contribution is 0.0951. The minimum atomic E-state index is -2.97. The molecule has 0 spiro atoms. The Morgan fingerprint density at radius 1 is 1.18 bits per heavy atom. The number of benzene rings is 2. The fourth-order valence-electron chi connectivity index (χ4n) is 3.16. The van der Waals surface area contributed by atoms with E-state index in [9.17, 15) is 13.2 Å². The van der Waals surface area contributed by atoms with Gasteiger partial charge >= 0.3 is 0 Å². The lowest BCUT2D eigenvalue weighted by Gasteiger charge is -2.09. The Morgan fingerprint density at radius 3 is 2.71 bits per heavy atom. The van der Waals surface area contributed by atoms with Crippen LogP contribution in [0.2, 0.25) is 5.02 Å². The van der Waals surface area contributed by atoms with Crippen molar-refractivity contribution in [1.82, 2.24) is 5.32 Å². The van der Waals surface area contributed by atoms with Crippen molar-refractivity contribution in [3.05, 3.63) is 64.7 Å². The fourth-order valence-corrected chi connectivity index (χ4v) is 6.97. The van der Waals surface area contributed by atoms with Gasteiger partial charge in [-0.15, -0.1) is 0 Å². The van der Waals surface area contributed by atoms with Crippen LogP contribution in [0.3, 0.4) is 0 Å². The van der Waals surface area contributed by atoms with Crippen LogP contribution < -0.4 is 10.6 Å². The lowest BCUT2D eigenvalue weighted by Crippen LogP contribution is -2.22. The molecule has 1 amide bonds. The number of carbonyl (C=O) groups excluding carboxylic acids is 1. The molecule has 0 radical (unpaired) electrons. The number of nitrogens with one attached hydrogen (secondary N) is 2. The zero-order valence-corrected chi connectivity index (χ0v) is 17.2. The number of aliphatic imine (C=N–C) groups is 1. The minimum absolute atomic E-state index is 0.0154. The molecule has 0 bridgehead atoms. The van der Waals surface area contributed by atoms with Crippen molar-refractivity contribution in [1.29, 1.82) is 0 Å². The van der Waals surface area contributed by atoms with Crippen molar-refractivity contribution in [2.24, 2.45) is 4.99 Å². The van der Waals surface area contributed by atoms with Crippen LogP contribution in [0.5, 0.6) is 0 Å². The van der Waals surface area contributed by atoms with Gasteiger partial charge in [-0.2, -0.15) is 0 Å². The molecule has 1 fully saturated rings. The van der Waals surface area contributed by atoms with Gasteiger partial charge in [-0.1, -0.05) is 41.6 Å². The largest absolute Gasteiger partial charge is 0.348 e. The van der Waals surface area contributed by atoms with Gasteiger partial charge in [0.15, 0.2) is 15.0 Å². The molecule has 2 N–H and O–H groups in total. The molecule has 2 atom stereocenters. The van der Waals surface area contributed by atoms with Gasteiger partial charge in [0.05, 0.1) is 17.5 Å². The number of fused-ring (bicyclic) bond motifs is 1. The maximum Gasteiger partial charge on any atom is 0.251 e. The van der Waals surface area contributed by atoms with Crippen LogP contribution in [-0.4, -0.2) is 42.3 Å². The van der Waals surface area contributed by atoms with Gasteiger partial charge in [0.25, 0.3) is 5.91 Å². The van der Waals surface area contributed by atoms with E-state index in [2.05, 4.69) is 15.6 Å². The van der Waals surface area contributed by atoms with E-state index in [-0.39, 0.29) is 28.7 Å². The smallest absolute Gasteiger partial charge is 0.251 e. The van der Waals surface area contributed by atoms with Crippen LogP contribution in [-0.2, 0) is 16.4 Å². The van der Waals surface area contributed by atoms with Crippen LogP contribution in [0.15, 0.2) is 53.5 Å². The zero-order chi connectivity index (χ0) is 19.7. The van der Waals surface area contributed by atoms with Gasteiger partial charge in [-0.3, -0.25) is 9.79 Å². The zero-order valence-electron chi connectivity index (χ0n) is 14.8. The lowest BCUT2D eigenvalue weighted by atomic mass is 10.1. The number of hydrogen-bond acceptors (Lipinski definition) is 6. The number of rotatable bonds is 4. The quantitative estimate of drug-likeness (QED) is 0.770. The van der Waals surface area contributed by atoms with Gasteiger partial charge < -0.3 is 10.6 Å². The molecule has 146 valence electrons. The number of halogens is 1. The third kappa shape index (κ3) is 4.51. The van der Waals surface area contributed by atoms with Gasteiger partial charge in [-0.05, 0) is 35.9 Å². The second-order valence-electron chi connectivity index (χ2n) is 6.75. The van der Waals surface area contributed by atoms with E-state index in [1.165, 1.54) is 11.8 Å². The first-order valence-electron chi connectivity index (χ1n) is 8.73. The van der Waals surface area contributed by atoms with Crippen molar-refractivity contribution < 1.29 is 13.2 Å². The number of anilines is 1. The Morgan fingerprint density at radius 2 is 1.96 bits per heavy atom. The molecule has 9 heteroatoms. The number of amides is 1. The van der Waals surface area contributed by atoms with Crippen LogP contribution in [0.25, 0.3) is 0 Å². The van der Waals surface area contributed by atoms with Gasteiger partial charge in [0.2, 0.25) is 0 Å². The molecule has 1 saturated heterocycles. The van der Waals surface area contributed by atoms with E-state index in [1.807, 2.05) is 18.2 Å². The first-order chi connectivity index (χ1) is 13.4. The Bertz CT molecular complexity index is 1040. The average Bonchev–Trinajstić information content (AvgIpc) is 3.13. The number of hydrogen-bond donors (Lipinski definition) is 2. The Balaban J connectivity index is 1.38. The van der Waals surface area contributed by atoms with Crippen molar-refractivity contribution in [2.45, 2.75) is 17.8 Å². The Kier molecular flexibility index (Phi) is 5.35. The fraction of sp³-hybridized carbons (Fsp3) is 0.263. The van der Waals surface area contributed by atoms with Crippen LogP contribution in [0, 0.1) is 0 Å². The summed E-state index contributed by atoms with van der Waals surface area (Å²) in [6, 6.07) is 14.3. The molecule has 2 aliphatic rings. The average molecular weight is 436 g/mol. The first kappa shape index (κ1) is 19.3. The van der Waals surface area contributed by atoms with Crippen molar-refractivity contribution in [3.63, 3.8) is 0 Å². The summed E-state index contributed by atoms with van der Waals surface area (Å²) >= 11 is 7.32. The van der Waals surface area contributed by atoms with Crippen LogP contribution >= 0.6 is 23.4 Å². The summed E-state index contributed by atoms with van der Waals surface area (Å²) in [6.45, 7) is 0.411. The van der Waals surface area contributed by atoms with Crippen LogP contribution in [0.1, 0.15) is 15.9 Å². The summed E-state index contributed by atoms with van der Waals surface area (Å²) in [6.07, 6.45) is 0. The summed E-state index contributed by atoms with van der Waals surface area (Å²) in [7, 11) is -2.97. The molecule has 2 aliphatic heterocycles. The molecular weight excluding hydrogens is 418 g/mol. The molecule has 4 rings (SSSR count). The number of nitrogens with zero attached hydrogens (tertiary/aromatic N) is 1. The highest BCUT2D eigenvalue weighted by Crippen LogP contribution is 2.34.